The third-order valence-corrected chi connectivity index (χ3v) is 6.94. The molecule has 2 aromatic rings. The van der Waals surface area contributed by atoms with Crippen molar-refractivity contribution in [2.45, 2.75) is 10.8 Å². The Kier molecular flexibility index (Phi) is 7.14. The van der Waals surface area contributed by atoms with Crippen molar-refractivity contribution in [2.75, 3.05) is 25.4 Å². The molecule has 0 saturated carbocycles. The van der Waals surface area contributed by atoms with Crippen LogP contribution in [-0.4, -0.2) is 40.8 Å². The number of rotatable bonds is 5. The minimum absolute atomic E-state index is 0.00153. The average molecular weight is 546 g/mol. The summed E-state index contributed by atoms with van der Waals surface area (Å²) in [7, 11) is -1.24. The van der Waals surface area contributed by atoms with E-state index in [9.17, 15) is 23.3 Å². The van der Waals surface area contributed by atoms with Crippen LogP contribution in [0.2, 0.25) is 0 Å². The zero-order chi connectivity index (χ0) is 25.2. The van der Waals surface area contributed by atoms with Crippen LogP contribution in [0.5, 0.6) is 0 Å². The highest BCUT2D eigenvalue weighted by molar-refractivity contribution is 9.10. The molecule has 34 heavy (non-hydrogen) atoms. The summed E-state index contributed by atoms with van der Waals surface area (Å²) in [6.45, 7) is 0. The molecule has 0 aromatic heterocycles. The number of carbonyl (C=O) groups is 2. The second-order valence-corrected chi connectivity index (χ2v) is 10.1. The van der Waals surface area contributed by atoms with Gasteiger partial charge in [-0.1, -0.05) is 30.3 Å². The predicted octanol–water partition coefficient (Wildman–Crippen LogP) is 2.75. The minimum atomic E-state index is -3.53. The van der Waals surface area contributed by atoms with Gasteiger partial charge in [0.1, 0.15) is 11.5 Å². The zero-order valence-corrected chi connectivity index (χ0v) is 20.8. The topological polar surface area (TPSA) is 140 Å². The summed E-state index contributed by atoms with van der Waals surface area (Å²) in [6, 6.07) is 14.7. The van der Waals surface area contributed by atoms with Crippen LogP contribution in [-0.2, 0) is 28.9 Å². The molecule has 2 N–H and O–H groups in total. The molecule has 0 radical (unpaired) electrons. The van der Waals surface area contributed by atoms with E-state index in [1.807, 2.05) is 0 Å². The number of nitriles is 1. The summed E-state index contributed by atoms with van der Waals surface area (Å²) >= 11 is 3.32. The van der Waals surface area contributed by atoms with Crippen LogP contribution < -0.4 is 10.6 Å². The summed E-state index contributed by atoms with van der Waals surface area (Å²) < 4.78 is 34.2. The van der Waals surface area contributed by atoms with Crippen LogP contribution in [0, 0.1) is 11.3 Å². The standard InChI is InChI=1S/C23H20BrN3O6S/c1-32-22(28)19-18(13-7-5-4-6-8-13)15(12-25)21(26)27(20(19)23(29)33-2)17-10-9-14(11-16(17)24)34(3,30)31/h4-11,18H,26H2,1-3H3. The number of hydrogen-bond donors (Lipinski definition) is 1. The fraction of sp³-hybridized carbons (Fsp3) is 0.174. The summed E-state index contributed by atoms with van der Waals surface area (Å²) in [5, 5.41) is 10.0. The summed E-state index contributed by atoms with van der Waals surface area (Å²) in [4.78, 5) is 27.3. The van der Waals surface area contributed by atoms with E-state index in [2.05, 4.69) is 22.0 Å². The molecule has 176 valence electrons. The number of nitrogens with two attached hydrogens (primary N) is 1. The van der Waals surface area contributed by atoms with Crippen molar-refractivity contribution in [1.29, 1.82) is 5.26 Å². The van der Waals surface area contributed by atoms with Gasteiger partial charge in [0, 0.05) is 10.7 Å². The maximum absolute atomic E-state index is 13.0. The summed E-state index contributed by atoms with van der Waals surface area (Å²) in [5.74, 6) is -2.89. The lowest BCUT2D eigenvalue weighted by molar-refractivity contribution is -0.139. The average Bonchev–Trinajstić information content (AvgIpc) is 2.82. The molecule has 0 aliphatic carbocycles. The Hall–Kier alpha value is -3.62. The van der Waals surface area contributed by atoms with E-state index < -0.39 is 27.7 Å². The molecule has 0 fully saturated rings. The Morgan fingerprint density at radius 3 is 2.21 bits per heavy atom. The van der Waals surface area contributed by atoms with Crippen molar-refractivity contribution < 1.29 is 27.5 Å². The largest absolute Gasteiger partial charge is 0.466 e. The number of halogens is 1. The number of ether oxygens (including phenoxy) is 2. The maximum Gasteiger partial charge on any atom is 0.355 e. The summed E-state index contributed by atoms with van der Waals surface area (Å²) in [5.41, 5.74) is 6.77. The number of sulfone groups is 1. The molecule has 0 saturated heterocycles. The van der Waals surface area contributed by atoms with Gasteiger partial charge in [-0.15, -0.1) is 0 Å². The van der Waals surface area contributed by atoms with E-state index in [0.29, 0.717) is 5.56 Å². The van der Waals surface area contributed by atoms with Crippen molar-refractivity contribution in [3.63, 3.8) is 0 Å². The van der Waals surface area contributed by atoms with E-state index in [1.165, 1.54) is 23.1 Å². The molecule has 0 bridgehead atoms. The molecular formula is C23H20BrN3O6S. The first kappa shape index (κ1) is 25.0. The Labute approximate surface area is 205 Å². The SMILES string of the molecule is COC(=O)C1=C(C(=O)OC)N(c2ccc(S(C)(=O)=O)cc2Br)C(N)=C(C#N)C1c1ccccc1. The smallest absolute Gasteiger partial charge is 0.355 e. The summed E-state index contributed by atoms with van der Waals surface area (Å²) in [6.07, 6.45) is 1.05. The molecule has 0 spiro atoms. The number of anilines is 1. The van der Waals surface area contributed by atoms with Crippen molar-refractivity contribution in [3.8, 4) is 6.07 Å². The van der Waals surface area contributed by atoms with Gasteiger partial charge in [-0.3, -0.25) is 4.90 Å². The lowest BCUT2D eigenvalue weighted by Gasteiger charge is -2.36. The van der Waals surface area contributed by atoms with Gasteiger partial charge in [-0.25, -0.2) is 18.0 Å². The van der Waals surface area contributed by atoms with E-state index in [-0.39, 0.29) is 37.7 Å². The highest BCUT2D eigenvalue weighted by Crippen LogP contribution is 2.44. The van der Waals surface area contributed by atoms with Gasteiger partial charge < -0.3 is 15.2 Å². The molecule has 0 amide bonds. The lowest BCUT2D eigenvalue weighted by atomic mass is 9.81. The van der Waals surface area contributed by atoms with Gasteiger partial charge in [-0.2, -0.15) is 5.26 Å². The molecule has 3 rings (SSSR count). The van der Waals surface area contributed by atoms with Crippen LogP contribution in [0.1, 0.15) is 11.5 Å². The quantitative estimate of drug-likeness (QED) is 0.561. The molecule has 1 aliphatic rings. The lowest BCUT2D eigenvalue weighted by Crippen LogP contribution is -2.41. The number of nitrogens with zero attached hydrogens (tertiary/aromatic N) is 2. The van der Waals surface area contributed by atoms with Crippen LogP contribution in [0.25, 0.3) is 0 Å². The van der Waals surface area contributed by atoms with E-state index in [1.54, 1.807) is 30.3 Å². The van der Waals surface area contributed by atoms with Crippen LogP contribution in [0.3, 0.4) is 0 Å². The number of esters is 2. The molecule has 9 nitrogen and oxygen atoms in total. The third kappa shape index (κ3) is 4.42. The van der Waals surface area contributed by atoms with Gasteiger partial charge >= 0.3 is 11.9 Å². The first-order valence-corrected chi connectivity index (χ1v) is 12.4. The number of carbonyl (C=O) groups excluding carboxylic acids is 2. The van der Waals surface area contributed by atoms with Crippen molar-refractivity contribution >= 4 is 43.4 Å². The highest BCUT2D eigenvalue weighted by Gasteiger charge is 2.43. The highest BCUT2D eigenvalue weighted by atomic mass is 79.9. The molecule has 1 unspecified atom stereocenters. The second kappa shape index (κ2) is 9.70. The first-order valence-electron chi connectivity index (χ1n) is 9.72. The van der Waals surface area contributed by atoms with Gasteiger partial charge in [-0.05, 0) is 39.7 Å². The van der Waals surface area contributed by atoms with E-state index in [4.69, 9.17) is 15.2 Å². The molecular weight excluding hydrogens is 526 g/mol. The Morgan fingerprint density at radius 1 is 1.09 bits per heavy atom. The minimum Gasteiger partial charge on any atom is -0.466 e. The number of hydrogen-bond acceptors (Lipinski definition) is 9. The Bertz CT molecular complexity index is 1380. The number of benzene rings is 2. The predicted molar refractivity (Wildman–Crippen MR) is 127 cm³/mol. The van der Waals surface area contributed by atoms with Gasteiger partial charge in [0.15, 0.2) is 9.84 Å². The fourth-order valence-electron chi connectivity index (χ4n) is 3.66. The Morgan fingerprint density at radius 2 is 1.71 bits per heavy atom. The molecule has 2 aromatic carbocycles. The monoisotopic (exact) mass is 545 g/mol. The number of allylic oxidation sites excluding steroid dienone is 1. The van der Waals surface area contributed by atoms with Crippen LogP contribution >= 0.6 is 15.9 Å². The van der Waals surface area contributed by atoms with Crippen molar-refractivity contribution in [1.82, 2.24) is 0 Å². The normalized spacial score (nSPS) is 16.2. The molecule has 1 atom stereocenters. The van der Waals surface area contributed by atoms with Crippen LogP contribution in [0.15, 0.2) is 80.6 Å². The van der Waals surface area contributed by atoms with Gasteiger partial charge in [0.25, 0.3) is 0 Å². The molecule has 1 heterocycles. The zero-order valence-electron chi connectivity index (χ0n) is 18.4. The van der Waals surface area contributed by atoms with Gasteiger partial charge in [0.2, 0.25) is 0 Å². The third-order valence-electron chi connectivity index (χ3n) is 5.20. The molecule has 1 aliphatic heterocycles. The van der Waals surface area contributed by atoms with Crippen molar-refractivity contribution in [2.24, 2.45) is 5.73 Å². The Balaban J connectivity index is 2.42. The second-order valence-electron chi connectivity index (χ2n) is 7.22. The fourth-order valence-corrected chi connectivity index (χ4v) is 5.02. The van der Waals surface area contributed by atoms with Crippen molar-refractivity contribution in [3.05, 3.63) is 81.2 Å². The number of methoxy groups -OCH3 is 2. The maximum atomic E-state index is 13.0. The van der Waals surface area contributed by atoms with Crippen LogP contribution in [0.4, 0.5) is 5.69 Å². The van der Waals surface area contributed by atoms with Gasteiger partial charge in [0.05, 0.1) is 47.9 Å². The first-order chi connectivity index (χ1) is 16.1. The molecule has 11 heteroatoms. The van der Waals surface area contributed by atoms with E-state index in [0.717, 1.165) is 20.5 Å². The van der Waals surface area contributed by atoms with E-state index >= 15 is 0 Å².